The van der Waals surface area contributed by atoms with E-state index < -0.39 is 0 Å². The maximum atomic E-state index is 9.21. The van der Waals surface area contributed by atoms with Gasteiger partial charge in [-0.25, -0.2) is 0 Å². The van der Waals surface area contributed by atoms with Crippen molar-refractivity contribution in [1.29, 1.82) is 0 Å². The summed E-state index contributed by atoms with van der Waals surface area (Å²) in [6, 6.07) is 0. The zero-order valence-corrected chi connectivity index (χ0v) is 8.05. The lowest BCUT2D eigenvalue weighted by Gasteiger charge is -2.37. The molecule has 0 spiro atoms. The van der Waals surface area contributed by atoms with E-state index in [1.165, 1.54) is 32.1 Å². The third-order valence-electron chi connectivity index (χ3n) is 3.37. The van der Waals surface area contributed by atoms with Gasteiger partial charge in [-0.1, -0.05) is 26.2 Å². The van der Waals surface area contributed by atoms with E-state index in [1.54, 1.807) is 0 Å². The highest BCUT2D eigenvalue weighted by molar-refractivity contribution is 4.90. The quantitative estimate of drug-likeness (QED) is 0.678. The average Bonchev–Trinajstić information content (AvgIpc) is 2.18. The zero-order chi connectivity index (χ0) is 9.03. The first-order valence-corrected chi connectivity index (χ1v) is 5.12. The van der Waals surface area contributed by atoms with Crippen LogP contribution in [0.2, 0.25) is 0 Å². The summed E-state index contributed by atoms with van der Waals surface area (Å²) in [4.78, 5) is 0. The van der Waals surface area contributed by atoms with Crippen molar-refractivity contribution in [3.8, 4) is 0 Å². The molecule has 2 heteroatoms. The molecule has 1 saturated carbocycles. The third kappa shape index (κ3) is 1.99. The lowest BCUT2D eigenvalue weighted by atomic mass is 9.74. The number of nitrogens with two attached hydrogens (primary N) is 1. The summed E-state index contributed by atoms with van der Waals surface area (Å²) in [6.07, 6.45) is 7.26. The molecule has 2 nitrogen and oxygen atoms in total. The number of hydrogen-bond donors (Lipinski definition) is 2. The van der Waals surface area contributed by atoms with Crippen molar-refractivity contribution in [1.82, 2.24) is 0 Å². The highest BCUT2D eigenvalue weighted by atomic mass is 16.3. The molecule has 0 aliphatic heterocycles. The first-order valence-electron chi connectivity index (χ1n) is 5.12. The minimum atomic E-state index is -0.291. The standard InChI is InChI=1S/C10H21NO/c1-2-10(11,8-12)9-6-4-3-5-7-9/h9,12H,2-8,11H2,1H3. The number of aliphatic hydroxyl groups excluding tert-OH is 1. The predicted molar refractivity (Wildman–Crippen MR) is 50.9 cm³/mol. The molecule has 72 valence electrons. The van der Waals surface area contributed by atoms with Crippen LogP contribution >= 0.6 is 0 Å². The summed E-state index contributed by atoms with van der Waals surface area (Å²) < 4.78 is 0. The predicted octanol–water partition coefficient (Wildman–Crippen LogP) is 1.67. The van der Waals surface area contributed by atoms with Crippen LogP contribution in [0, 0.1) is 5.92 Å². The molecule has 0 heterocycles. The van der Waals surface area contributed by atoms with Crippen LogP contribution < -0.4 is 5.73 Å². The minimum absolute atomic E-state index is 0.147. The van der Waals surface area contributed by atoms with Crippen LogP contribution in [0.4, 0.5) is 0 Å². The molecule has 1 unspecified atom stereocenters. The number of rotatable bonds is 3. The zero-order valence-electron chi connectivity index (χ0n) is 8.05. The first-order chi connectivity index (χ1) is 5.73. The Bertz CT molecular complexity index is 126. The smallest absolute Gasteiger partial charge is 0.0613 e. The number of hydrogen-bond acceptors (Lipinski definition) is 2. The van der Waals surface area contributed by atoms with Crippen LogP contribution in [0.25, 0.3) is 0 Å². The van der Waals surface area contributed by atoms with Crippen LogP contribution in [-0.4, -0.2) is 17.3 Å². The van der Waals surface area contributed by atoms with Crippen molar-refractivity contribution in [2.45, 2.75) is 51.0 Å². The molecule has 0 bridgehead atoms. The maximum absolute atomic E-state index is 9.21. The Labute approximate surface area is 75.2 Å². The molecule has 3 N–H and O–H groups in total. The summed E-state index contributed by atoms with van der Waals surface area (Å²) in [5.74, 6) is 0.557. The Kier molecular flexibility index (Phi) is 3.53. The van der Waals surface area contributed by atoms with Gasteiger partial charge in [0.1, 0.15) is 0 Å². The van der Waals surface area contributed by atoms with Gasteiger partial charge < -0.3 is 10.8 Å². The van der Waals surface area contributed by atoms with Crippen molar-refractivity contribution < 1.29 is 5.11 Å². The van der Waals surface area contributed by atoms with Crippen molar-refractivity contribution in [2.24, 2.45) is 11.7 Å². The second kappa shape index (κ2) is 4.24. The van der Waals surface area contributed by atoms with Crippen LogP contribution in [0.3, 0.4) is 0 Å². The van der Waals surface area contributed by atoms with E-state index in [-0.39, 0.29) is 12.1 Å². The van der Waals surface area contributed by atoms with Gasteiger partial charge >= 0.3 is 0 Å². The summed E-state index contributed by atoms with van der Waals surface area (Å²) in [5, 5.41) is 9.21. The molecule has 1 fully saturated rings. The molecule has 1 aliphatic carbocycles. The number of aliphatic hydroxyl groups is 1. The minimum Gasteiger partial charge on any atom is -0.394 e. The largest absolute Gasteiger partial charge is 0.394 e. The fourth-order valence-electron chi connectivity index (χ4n) is 2.21. The third-order valence-corrected chi connectivity index (χ3v) is 3.37. The monoisotopic (exact) mass is 171 g/mol. The molecule has 0 amide bonds. The van der Waals surface area contributed by atoms with E-state index in [9.17, 15) is 5.11 Å². The van der Waals surface area contributed by atoms with Crippen molar-refractivity contribution in [3.63, 3.8) is 0 Å². The van der Waals surface area contributed by atoms with Gasteiger partial charge in [-0.3, -0.25) is 0 Å². The Morgan fingerprint density at radius 3 is 2.33 bits per heavy atom. The fraction of sp³-hybridized carbons (Fsp3) is 1.00. The summed E-state index contributed by atoms with van der Waals surface area (Å²) >= 11 is 0. The van der Waals surface area contributed by atoms with E-state index in [0.29, 0.717) is 5.92 Å². The Morgan fingerprint density at radius 2 is 1.92 bits per heavy atom. The molecule has 0 aromatic rings. The molecule has 0 aromatic heterocycles. The van der Waals surface area contributed by atoms with Gasteiger partial charge in [0.25, 0.3) is 0 Å². The van der Waals surface area contributed by atoms with Gasteiger partial charge in [0.2, 0.25) is 0 Å². The van der Waals surface area contributed by atoms with Gasteiger partial charge in [-0.05, 0) is 25.2 Å². The molecule has 0 saturated heterocycles. The first kappa shape index (κ1) is 10.0. The molecular weight excluding hydrogens is 150 g/mol. The lowest BCUT2D eigenvalue weighted by molar-refractivity contribution is 0.111. The molecular formula is C10H21NO. The Morgan fingerprint density at radius 1 is 1.33 bits per heavy atom. The molecule has 0 aromatic carbocycles. The molecule has 1 rings (SSSR count). The van der Waals surface area contributed by atoms with Gasteiger partial charge in [0.05, 0.1) is 6.61 Å². The highest BCUT2D eigenvalue weighted by Gasteiger charge is 2.33. The van der Waals surface area contributed by atoms with Gasteiger partial charge in [-0.15, -0.1) is 0 Å². The lowest BCUT2D eigenvalue weighted by Crippen LogP contribution is -2.50. The van der Waals surface area contributed by atoms with Gasteiger partial charge in [0, 0.05) is 5.54 Å². The summed E-state index contributed by atoms with van der Waals surface area (Å²) in [5.41, 5.74) is 5.83. The molecule has 1 atom stereocenters. The normalized spacial score (nSPS) is 25.2. The van der Waals surface area contributed by atoms with Crippen molar-refractivity contribution in [3.05, 3.63) is 0 Å². The van der Waals surface area contributed by atoms with E-state index >= 15 is 0 Å². The summed E-state index contributed by atoms with van der Waals surface area (Å²) in [6.45, 7) is 2.22. The van der Waals surface area contributed by atoms with E-state index in [2.05, 4.69) is 6.92 Å². The SMILES string of the molecule is CCC(N)(CO)C1CCCCC1. The molecule has 1 aliphatic rings. The second-order valence-corrected chi connectivity index (χ2v) is 4.08. The second-order valence-electron chi connectivity index (χ2n) is 4.08. The van der Waals surface area contributed by atoms with Crippen LogP contribution in [0.1, 0.15) is 45.4 Å². The van der Waals surface area contributed by atoms with E-state index in [4.69, 9.17) is 5.73 Å². The van der Waals surface area contributed by atoms with Crippen molar-refractivity contribution >= 4 is 0 Å². The Balaban J connectivity index is 2.51. The summed E-state index contributed by atoms with van der Waals surface area (Å²) in [7, 11) is 0. The van der Waals surface area contributed by atoms with Crippen molar-refractivity contribution in [2.75, 3.05) is 6.61 Å². The molecule has 0 radical (unpaired) electrons. The van der Waals surface area contributed by atoms with E-state index in [0.717, 1.165) is 6.42 Å². The van der Waals surface area contributed by atoms with E-state index in [1.807, 2.05) is 0 Å². The Hall–Kier alpha value is -0.0800. The highest BCUT2D eigenvalue weighted by Crippen LogP contribution is 2.32. The van der Waals surface area contributed by atoms with Crippen LogP contribution in [-0.2, 0) is 0 Å². The van der Waals surface area contributed by atoms with Crippen LogP contribution in [0.15, 0.2) is 0 Å². The topological polar surface area (TPSA) is 46.2 Å². The van der Waals surface area contributed by atoms with Gasteiger partial charge in [0.15, 0.2) is 0 Å². The fourth-order valence-corrected chi connectivity index (χ4v) is 2.21. The average molecular weight is 171 g/mol. The van der Waals surface area contributed by atoms with Crippen LogP contribution in [0.5, 0.6) is 0 Å². The maximum Gasteiger partial charge on any atom is 0.0613 e. The molecule has 12 heavy (non-hydrogen) atoms. The van der Waals surface area contributed by atoms with Gasteiger partial charge in [-0.2, -0.15) is 0 Å².